The number of benzene rings is 1. The lowest BCUT2D eigenvalue weighted by atomic mass is 10.2. The van der Waals surface area contributed by atoms with Crippen LogP contribution in [0.4, 0.5) is 19.1 Å². The second-order valence-corrected chi connectivity index (χ2v) is 6.98. The molecule has 4 aromatic rings. The summed E-state index contributed by atoms with van der Waals surface area (Å²) in [6, 6.07) is 12.8. The van der Waals surface area contributed by atoms with E-state index >= 15 is 0 Å². The third kappa shape index (κ3) is 3.97. The van der Waals surface area contributed by atoms with E-state index in [2.05, 4.69) is 20.3 Å². The number of thiazole rings is 1. The Labute approximate surface area is 167 Å². The third-order valence-electron chi connectivity index (χ3n) is 4.24. The number of nitrogens with one attached hydrogen (secondary N) is 1. The van der Waals surface area contributed by atoms with Crippen LogP contribution in [0, 0.1) is 0 Å². The molecule has 1 amide bonds. The van der Waals surface area contributed by atoms with E-state index in [0.717, 1.165) is 16.7 Å². The van der Waals surface area contributed by atoms with Gasteiger partial charge in [-0.25, -0.2) is 9.97 Å². The van der Waals surface area contributed by atoms with Gasteiger partial charge in [0.2, 0.25) is 5.95 Å². The first kappa shape index (κ1) is 19.1. The van der Waals surface area contributed by atoms with E-state index in [-0.39, 0.29) is 5.95 Å². The molecule has 3 heterocycles. The zero-order valence-corrected chi connectivity index (χ0v) is 15.7. The second-order valence-electron chi connectivity index (χ2n) is 6.13. The van der Waals surface area contributed by atoms with Crippen molar-refractivity contribution < 1.29 is 18.0 Å². The Hall–Kier alpha value is -3.27. The van der Waals surface area contributed by atoms with E-state index in [1.54, 1.807) is 22.9 Å². The molecule has 3 aromatic heterocycles. The van der Waals surface area contributed by atoms with Gasteiger partial charge in [-0.2, -0.15) is 13.2 Å². The van der Waals surface area contributed by atoms with Gasteiger partial charge >= 0.3 is 6.18 Å². The Morgan fingerprint density at radius 3 is 2.66 bits per heavy atom. The molecule has 148 valence electrons. The van der Waals surface area contributed by atoms with Crippen molar-refractivity contribution in [2.75, 3.05) is 5.32 Å². The fourth-order valence-electron chi connectivity index (χ4n) is 2.94. The molecule has 0 unspecified atom stereocenters. The SMILES string of the molecule is O=C(Nc1nc2ccccc2n1CCc1ccccn1)c1ncsc1C(F)(F)F. The minimum atomic E-state index is -4.65. The number of alkyl halides is 3. The highest BCUT2D eigenvalue weighted by Gasteiger charge is 2.38. The smallest absolute Gasteiger partial charge is 0.310 e. The van der Waals surface area contributed by atoms with Gasteiger partial charge in [0, 0.05) is 24.9 Å². The predicted octanol–water partition coefficient (Wildman–Crippen LogP) is 4.40. The van der Waals surface area contributed by atoms with Crippen LogP contribution in [0.2, 0.25) is 0 Å². The lowest BCUT2D eigenvalue weighted by Crippen LogP contribution is -2.20. The van der Waals surface area contributed by atoms with E-state index in [4.69, 9.17) is 0 Å². The normalized spacial score (nSPS) is 11.7. The highest BCUT2D eigenvalue weighted by atomic mass is 32.1. The number of imidazole rings is 1. The fraction of sp³-hybridized carbons (Fsp3) is 0.158. The molecule has 29 heavy (non-hydrogen) atoms. The largest absolute Gasteiger partial charge is 0.427 e. The number of para-hydroxylation sites is 2. The Morgan fingerprint density at radius 1 is 1.10 bits per heavy atom. The maximum absolute atomic E-state index is 13.1. The fourth-order valence-corrected chi connectivity index (χ4v) is 3.59. The molecule has 0 atom stereocenters. The molecule has 1 aromatic carbocycles. The topological polar surface area (TPSA) is 72.7 Å². The molecule has 0 saturated heterocycles. The van der Waals surface area contributed by atoms with Crippen LogP contribution in [0.1, 0.15) is 21.1 Å². The molecule has 0 spiro atoms. The lowest BCUT2D eigenvalue weighted by Gasteiger charge is -2.10. The van der Waals surface area contributed by atoms with Gasteiger partial charge < -0.3 is 4.57 Å². The Kier molecular flexibility index (Phi) is 5.01. The predicted molar refractivity (Wildman–Crippen MR) is 103 cm³/mol. The van der Waals surface area contributed by atoms with Crippen LogP contribution in [0.5, 0.6) is 0 Å². The quantitative estimate of drug-likeness (QED) is 0.522. The van der Waals surface area contributed by atoms with Crippen LogP contribution >= 0.6 is 11.3 Å². The van der Waals surface area contributed by atoms with Gasteiger partial charge in [0.15, 0.2) is 5.69 Å². The highest BCUT2D eigenvalue weighted by molar-refractivity contribution is 7.10. The number of hydrogen-bond donors (Lipinski definition) is 1. The number of pyridine rings is 1. The summed E-state index contributed by atoms with van der Waals surface area (Å²) in [5.74, 6) is -0.791. The maximum Gasteiger partial charge on any atom is 0.427 e. The van der Waals surface area contributed by atoms with Crippen molar-refractivity contribution in [1.82, 2.24) is 19.5 Å². The first-order chi connectivity index (χ1) is 13.9. The number of hydrogen-bond acceptors (Lipinski definition) is 5. The number of halogens is 3. The maximum atomic E-state index is 13.1. The molecule has 0 aliphatic rings. The molecule has 0 aliphatic carbocycles. The van der Waals surface area contributed by atoms with E-state index in [9.17, 15) is 18.0 Å². The summed E-state index contributed by atoms with van der Waals surface area (Å²) in [4.78, 5) is 23.7. The van der Waals surface area contributed by atoms with Crippen molar-refractivity contribution >= 4 is 34.2 Å². The summed E-state index contributed by atoms with van der Waals surface area (Å²) in [5.41, 5.74) is 2.57. The Balaban J connectivity index is 1.65. The first-order valence-electron chi connectivity index (χ1n) is 8.60. The standard InChI is InChI=1S/C19H14F3N5OS/c20-19(21,22)16-15(24-11-29-16)17(28)26-18-25-13-6-1-2-7-14(13)27(18)10-8-12-5-3-4-9-23-12/h1-7,9,11H,8,10H2,(H,25,26,28). The van der Waals surface area contributed by atoms with Gasteiger partial charge in [0.05, 0.1) is 16.5 Å². The summed E-state index contributed by atoms with van der Waals surface area (Å²) in [5, 5.41) is 2.49. The average Bonchev–Trinajstić information content (AvgIpc) is 3.32. The summed E-state index contributed by atoms with van der Waals surface area (Å²) in [7, 11) is 0. The number of aryl methyl sites for hydroxylation is 2. The second kappa shape index (κ2) is 7.63. The molecule has 0 saturated carbocycles. The van der Waals surface area contributed by atoms with Crippen LogP contribution in [-0.4, -0.2) is 25.4 Å². The van der Waals surface area contributed by atoms with Crippen LogP contribution in [0.25, 0.3) is 11.0 Å². The van der Waals surface area contributed by atoms with Crippen molar-refractivity contribution in [3.05, 3.63) is 70.4 Å². The van der Waals surface area contributed by atoms with Crippen LogP contribution in [0.15, 0.2) is 54.2 Å². The number of carbonyl (C=O) groups excluding carboxylic acids is 1. The van der Waals surface area contributed by atoms with Gasteiger partial charge in [-0.05, 0) is 24.3 Å². The number of carbonyl (C=O) groups is 1. The number of amides is 1. The van der Waals surface area contributed by atoms with E-state index in [0.29, 0.717) is 29.8 Å². The molecule has 4 rings (SSSR count). The van der Waals surface area contributed by atoms with Gasteiger partial charge in [-0.15, -0.1) is 11.3 Å². The number of anilines is 1. The molecular weight excluding hydrogens is 403 g/mol. The lowest BCUT2D eigenvalue weighted by molar-refractivity contribution is -0.134. The molecule has 0 aliphatic heterocycles. The summed E-state index contributed by atoms with van der Waals surface area (Å²) < 4.78 is 41.0. The van der Waals surface area contributed by atoms with Gasteiger partial charge in [-0.3, -0.25) is 15.1 Å². The van der Waals surface area contributed by atoms with Crippen molar-refractivity contribution in [3.63, 3.8) is 0 Å². The molecular formula is C19H14F3N5OS. The number of aromatic nitrogens is 4. The third-order valence-corrected chi connectivity index (χ3v) is 5.11. The zero-order valence-electron chi connectivity index (χ0n) is 14.8. The van der Waals surface area contributed by atoms with E-state index < -0.39 is 22.7 Å². The van der Waals surface area contributed by atoms with Crippen LogP contribution < -0.4 is 5.32 Å². The Morgan fingerprint density at radius 2 is 1.90 bits per heavy atom. The first-order valence-corrected chi connectivity index (χ1v) is 9.48. The summed E-state index contributed by atoms with van der Waals surface area (Å²) in [6.45, 7) is 0.441. The number of fused-ring (bicyclic) bond motifs is 1. The molecule has 0 bridgehead atoms. The van der Waals surface area contributed by atoms with Crippen LogP contribution in [-0.2, 0) is 19.1 Å². The molecule has 0 fully saturated rings. The van der Waals surface area contributed by atoms with Crippen molar-refractivity contribution in [3.8, 4) is 0 Å². The van der Waals surface area contributed by atoms with Gasteiger partial charge in [-0.1, -0.05) is 18.2 Å². The average molecular weight is 417 g/mol. The van der Waals surface area contributed by atoms with E-state index in [1.807, 2.05) is 30.3 Å². The van der Waals surface area contributed by atoms with Crippen molar-refractivity contribution in [2.45, 2.75) is 19.1 Å². The van der Waals surface area contributed by atoms with Crippen molar-refractivity contribution in [2.24, 2.45) is 0 Å². The molecule has 1 N–H and O–H groups in total. The summed E-state index contributed by atoms with van der Waals surface area (Å²) in [6.07, 6.45) is -2.40. The highest BCUT2D eigenvalue weighted by Crippen LogP contribution is 2.35. The summed E-state index contributed by atoms with van der Waals surface area (Å²) >= 11 is 0.380. The Bertz CT molecular complexity index is 1150. The monoisotopic (exact) mass is 417 g/mol. The molecule has 10 heteroatoms. The minimum Gasteiger partial charge on any atom is -0.310 e. The minimum absolute atomic E-state index is 0.160. The number of nitrogens with zero attached hydrogens (tertiary/aromatic N) is 4. The zero-order chi connectivity index (χ0) is 20.4. The van der Waals surface area contributed by atoms with Gasteiger partial charge in [0.1, 0.15) is 4.88 Å². The number of rotatable bonds is 5. The van der Waals surface area contributed by atoms with Crippen molar-refractivity contribution in [1.29, 1.82) is 0 Å². The van der Waals surface area contributed by atoms with Crippen LogP contribution in [0.3, 0.4) is 0 Å². The van der Waals surface area contributed by atoms with Gasteiger partial charge in [0.25, 0.3) is 5.91 Å². The molecule has 0 radical (unpaired) electrons. The van der Waals surface area contributed by atoms with E-state index in [1.165, 1.54) is 0 Å². The molecule has 6 nitrogen and oxygen atoms in total.